The van der Waals surface area contributed by atoms with Gasteiger partial charge in [0.05, 0.1) is 0 Å². The average molecular weight is 668 g/mol. The summed E-state index contributed by atoms with van der Waals surface area (Å²) in [4.78, 5) is 0. The fourth-order valence-corrected chi connectivity index (χ4v) is 5.57. The molecule has 0 radical (unpaired) electrons. The van der Waals surface area contributed by atoms with Crippen molar-refractivity contribution in [3.05, 3.63) is 145 Å². The zero-order valence-corrected chi connectivity index (χ0v) is 30.1. The number of hydrogen-bond donors (Lipinski definition) is 0. The van der Waals surface area contributed by atoms with Crippen LogP contribution in [0.2, 0.25) is 13.1 Å². The second-order valence-corrected chi connectivity index (χ2v) is 17.6. The van der Waals surface area contributed by atoms with Crippen LogP contribution in [0.3, 0.4) is 0 Å². The summed E-state index contributed by atoms with van der Waals surface area (Å²) in [5, 5.41) is 8.06. The molecule has 0 unspecified atom stereocenters. The summed E-state index contributed by atoms with van der Waals surface area (Å²) in [6, 6.07) is 48.2. The number of rotatable bonds is 4. The Bertz CT molecular complexity index is 1940. The van der Waals surface area contributed by atoms with Gasteiger partial charge in [-0.1, -0.05) is 110 Å². The van der Waals surface area contributed by atoms with Gasteiger partial charge in [0, 0.05) is 0 Å². The SMILES string of the molecule is CCc1cc2c(-c3cccc4ccccc34)cccc2[cH-]1.CCc1cc2c(-c3ccccc3)cccc2[cH-]1.C[Si](C)=[Ti+2].Cl.Cl. The third kappa shape index (κ3) is 8.42. The second-order valence-electron chi connectivity index (χ2n) is 10.9. The Morgan fingerprint density at radius 2 is 0.955 bits per heavy atom. The van der Waals surface area contributed by atoms with Crippen LogP contribution in [0.15, 0.2) is 133 Å². The topological polar surface area (TPSA) is 0 Å². The van der Waals surface area contributed by atoms with Crippen molar-refractivity contribution in [3.63, 3.8) is 0 Å². The number of aryl methyl sites for hydroxylation is 2. The molecule has 4 heteroatoms. The molecule has 44 heavy (non-hydrogen) atoms. The average Bonchev–Trinajstić information content (AvgIpc) is 3.65. The van der Waals surface area contributed by atoms with Gasteiger partial charge in [-0.25, -0.2) is 0 Å². The van der Waals surface area contributed by atoms with Crippen LogP contribution in [0, 0.1) is 0 Å². The van der Waals surface area contributed by atoms with Crippen molar-refractivity contribution in [2.24, 2.45) is 0 Å². The van der Waals surface area contributed by atoms with E-state index in [1.54, 1.807) is 0 Å². The van der Waals surface area contributed by atoms with Gasteiger partial charge in [-0.05, 0) is 34.7 Å². The van der Waals surface area contributed by atoms with E-state index < -0.39 is 0 Å². The van der Waals surface area contributed by atoms with Crippen molar-refractivity contribution in [1.82, 2.24) is 0 Å². The molecule has 0 atom stereocenters. The molecule has 0 bridgehead atoms. The predicted molar refractivity (Wildman–Crippen MR) is 198 cm³/mol. The molecule has 0 saturated carbocycles. The van der Waals surface area contributed by atoms with Gasteiger partial charge >= 0.3 is 38.5 Å². The maximum atomic E-state index is 2.34. The van der Waals surface area contributed by atoms with Crippen molar-refractivity contribution >= 4 is 63.3 Å². The first-order valence-corrected chi connectivity index (χ1v) is 19.7. The van der Waals surface area contributed by atoms with Gasteiger partial charge in [0.1, 0.15) is 0 Å². The first kappa shape index (κ1) is 35.6. The predicted octanol–water partition coefficient (Wildman–Crippen LogP) is 12.4. The first-order valence-electron chi connectivity index (χ1n) is 14.9. The summed E-state index contributed by atoms with van der Waals surface area (Å²) in [5.41, 5.74) is 8.13. The first-order chi connectivity index (χ1) is 20.5. The summed E-state index contributed by atoms with van der Waals surface area (Å²) in [6.45, 7) is 8.96. The monoisotopic (exact) mass is 666 g/mol. The van der Waals surface area contributed by atoms with E-state index >= 15 is 0 Å². The van der Waals surface area contributed by atoms with Crippen molar-refractivity contribution in [2.75, 3.05) is 0 Å². The maximum Gasteiger partial charge on any atom is -0.147 e. The van der Waals surface area contributed by atoms with E-state index in [0.29, 0.717) is 0 Å². The summed E-state index contributed by atoms with van der Waals surface area (Å²) in [5.74, 6) is 0. The molecule has 0 nitrogen and oxygen atoms in total. The molecule has 7 rings (SSSR count). The van der Waals surface area contributed by atoms with Crippen LogP contribution >= 0.6 is 24.8 Å². The van der Waals surface area contributed by atoms with E-state index in [1.165, 1.54) is 65.7 Å². The van der Waals surface area contributed by atoms with Gasteiger partial charge in [0.2, 0.25) is 0 Å². The van der Waals surface area contributed by atoms with E-state index in [-0.39, 0.29) is 31.0 Å². The van der Waals surface area contributed by atoms with Crippen molar-refractivity contribution in [2.45, 2.75) is 39.8 Å². The van der Waals surface area contributed by atoms with Crippen LogP contribution in [0.25, 0.3) is 54.6 Å². The van der Waals surface area contributed by atoms with E-state index in [4.69, 9.17) is 0 Å². The summed E-state index contributed by atoms with van der Waals surface area (Å²) in [7, 11) is 0. The van der Waals surface area contributed by atoms with E-state index in [1.807, 2.05) is 0 Å². The largest absolute Gasteiger partial charge is 0.147 e. The van der Waals surface area contributed by atoms with Gasteiger partial charge in [-0.3, -0.25) is 0 Å². The third-order valence-corrected chi connectivity index (χ3v) is 7.60. The smallest absolute Gasteiger partial charge is 0.147 e. The minimum atomic E-state index is 0. The van der Waals surface area contributed by atoms with E-state index in [9.17, 15) is 0 Å². The minimum absolute atomic E-state index is 0. The van der Waals surface area contributed by atoms with Crippen LogP contribution in [-0.4, -0.2) is 6.19 Å². The van der Waals surface area contributed by atoms with Crippen LogP contribution in [-0.2, 0) is 32.0 Å². The third-order valence-electron chi connectivity index (χ3n) is 7.60. The Morgan fingerprint density at radius 3 is 1.52 bits per heavy atom. The molecular formula is C40H40Cl2SiTi. The summed E-state index contributed by atoms with van der Waals surface area (Å²) < 4.78 is 0. The Morgan fingerprint density at radius 1 is 0.523 bits per heavy atom. The molecule has 0 spiro atoms. The molecule has 0 aromatic heterocycles. The van der Waals surface area contributed by atoms with E-state index in [2.05, 4.69) is 180 Å². The summed E-state index contributed by atoms with van der Waals surface area (Å²) >= 11 is 2.27. The number of benzene rings is 5. The molecular weight excluding hydrogens is 627 g/mol. The molecule has 222 valence electrons. The zero-order valence-electron chi connectivity index (χ0n) is 25.9. The zero-order chi connectivity index (χ0) is 29.5. The molecule has 0 N–H and O–H groups in total. The Kier molecular flexibility index (Phi) is 13.7. The van der Waals surface area contributed by atoms with Crippen molar-refractivity contribution in [3.8, 4) is 22.3 Å². The second kappa shape index (κ2) is 17.0. The van der Waals surface area contributed by atoms with Gasteiger partial charge in [-0.15, -0.1) is 93.9 Å². The quantitative estimate of drug-likeness (QED) is 0.129. The molecule has 0 amide bonds. The van der Waals surface area contributed by atoms with Gasteiger partial charge in [0.25, 0.3) is 0 Å². The van der Waals surface area contributed by atoms with Gasteiger partial charge < -0.3 is 0 Å². The van der Waals surface area contributed by atoms with Crippen LogP contribution in [0.4, 0.5) is 0 Å². The molecule has 7 aromatic rings. The Labute approximate surface area is 287 Å². The molecule has 0 aliphatic heterocycles. The van der Waals surface area contributed by atoms with Crippen LogP contribution < -0.4 is 0 Å². The van der Waals surface area contributed by atoms with Gasteiger partial charge in [0.15, 0.2) is 0 Å². The normalized spacial score (nSPS) is 10.2. The fraction of sp³-hybridized carbons (Fsp3) is 0.150. The van der Waals surface area contributed by atoms with Crippen molar-refractivity contribution < 1.29 is 19.2 Å². The molecule has 7 aromatic carbocycles. The minimum Gasteiger partial charge on any atom is -0.147 e. The standard InChI is InChI=1S/C21H17.C17H15.C2H6Si.2ClH.Ti/c1-2-15-13-17-9-6-12-20(21(17)14-15)19-11-5-8-16-7-3-4-10-18(16)19;1-2-13-11-15-9-6-10-16(17(15)12-13)14-7-4-3-5-8-14;1-3-2;;;/h3-14H,2H2,1H3;3-12H,2H2,1H3;1-2H3;2*1H;/q2*-1;;;;+2. The molecule has 0 aliphatic carbocycles. The van der Waals surface area contributed by atoms with E-state index in [0.717, 1.165) is 12.8 Å². The Balaban J connectivity index is 0.000000210. The number of hydrogen-bond acceptors (Lipinski definition) is 0. The summed E-state index contributed by atoms with van der Waals surface area (Å²) in [6.07, 6.45) is 2.31. The maximum absolute atomic E-state index is 2.34. The van der Waals surface area contributed by atoms with Crippen LogP contribution in [0.1, 0.15) is 25.0 Å². The number of fused-ring (bicyclic) bond motifs is 3. The van der Waals surface area contributed by atoms with Gasteiger partial charge in [-0.2, -0.15) is 12.1 Å². The Hall–Kier alpha value is -2.91. The van der Waals surface area contributed by atoms with Crippen molar-refractivity contribution in [1.29, 1.82) is 0 Å². The number of halogens is 2. The molecule has 0 fully saturated rings. The molecule has 0 heterocycles. The van der Waals surface area contributed by atoms with Crippen LogP contribution in [0.5, 0.6) is 0 Å². The fourth-order valence-electron chi connectivity index (χ4n) is 5.57. The molecule has 0 saturated heterocycles. The molecule has 0 aliphatic rings.